The molecule has 0 unspecified atom stereocenters. The minimum atomic E-state index is -3.54. The lowest BCUT2D eigenvalue weighted by Gasteiger charge is -2.17. The number of rotatable bonds is 13. The number of hydrogen-bond acceptors (Lipinski definition) is 5. The molecule has 0 spiro atoms. The third kappa shape index (κ3) is 7.13. The average molecular weight is 500 g/mol. The van der Waals surface area contributed by atoms with Crippen molar-refractivity contribution in [3.05, 3.63) is 59.9 Å². The highest BCUT2D eigenvalue weighted by Crippen LogP contribution is 2.23. The van der Waals surface area contributed by atoms with Crippen LogP contribution in [0.1, 0.15) is 37.6 Å². The molecule has 1 amide bonds. The van der Waals surface area contributed by atoms with Gasteiger partial charge in [0.05, 0.1) is 15.9 Å². The van der Waals surface area contributed by atoms with Crippen LogP contribution in [0, 0.1) is 0 Å². The summed E-state index contributed by atoms with van der Waals surface area (Å²) in [7, 11) is 1.54. The molecule has 0 radical (unpaired) electrons. The van der Waals surface area contributed by atoms with Crippen LogP contribution < -0.4 is 5.32 Å². The largest absolute Gasteiger partial charge is 0.355 e. The van der Waals surface area contributed by atoms with Crippen molar-refractivity contribution in [3.63, 3.8) is 0 Å². The first-order valence-electron chi connectivity index (χ1n) is 12.1. The van der Waals surface area contributed by atoms with Crippen LogP contribution in [0.15, 0.2) is 53.4 Å². The number of benzene rings is 2. The zero-order valence-corrected chi connectivity index (χ0v) is 22.0. The lowest BCUT2D eigenvalue weighted by Crippen LogP contribution is -2.33. The summed E-state index contributed by atoms with van der Waals surface area (Å²) in [6.45, 7) is 5.10. The summed E-state index contributed by atoms with van der Waals surface area (Å²) in [5.74, 6) is 0.798. The van der Waals surface area contributed by atoms with Crippen molar-refractivity contribution in [2.75, 3.05) is 34.2 Å². The molecular weight excluding hydrogens is 462 g/mol. The van der Waals surface area contributed by atoms with E-state index < -0.39 is 10.0 Å². The van der Waals surface area contributed by atoms with Crippen molar-refractivity contribution >= 4 is 27.0 Å². The number of carbonyl (C=O) groups excluding carboxylic acids is 1. The number of amides is 1. The highest BCUT2D eigenvalue weighted by Gasteiger charge is 2.20. The van der Waals surface area contributed by atoms with Crippen molar-refractivity contribution in [3.8, 4) is 0 Å². The first-order valence-corrected chi connectivity index (χ1v) is 13.6. The molecule has 0 saturated carbocycles. The Balaban J connectivity index is 1.62. The number of imidazole rings is 1. The summed E-state index contributed by atoms with van der Waals surface area (Å²) in [6, 6.07) is 15.3. The molecule has 35 heavy (non-hydrogen) atoms. The molecule has 2 aromatic carbocycles. The molecule has 0 aliphatic heterocycles. The molecule has 1 N–H and O–H groups in total. The van der Waals surface area contributed by atoms with E-state index in [-0.39, 0.29) is 10.8 Å². The van der Waals surface area contributed by atoms with Gasteiger partial charge in [0.15, 0.2) is 0 Å². The normalized spacial score (nSPS) is 12.1. The SMILES string of the molecule is CCCCn1c(CCC(=O)NCCN(C)Cc2ccccc2)nc2cc(S(=O)(=O)N(C)C)ccc21. The van der Waals surface area contributed by atoms with Crippen LogP contribution in [0.3, 0.4) is 0 Å². The van der Waals surface area contributed by atoms with Gasteiger partial charge in [0.2, 0.25) is 15.9 Å². The number of nitrogens with one attached hydrogen (secondary N) is 1. The fraction of sp³-hybridized carbons (Fsp3) is 0.462. The Morgan fingerprint density at radius 3 is 2.51 bits per heavy atom. The van der Waals surface area contributed by atoms with Crippen LogP contribution in [0.5, 0.6) is 0 Å². The van der Waals surface area contributed by atoms with E-state index in [1.54, 1.807) is 12.1 Å². The zero-order chi connectivity index (χ0) is 25.4. The van der Waals surface area contributed by atoms with Crippen molar-refractivity contribution in [2.24, 2.45) is 0 Å². The lowest BCUT2D eigenvalue weighted by atomic mass is 10.2. The van der Waals surface area contributed by atoms with Gasteiger partial charge < -0.3 is 14.8 Å². The van der Waals surface area contributed by atoms with Gasteiger partial charge in [-0.3, -0.25) is 4.79 Å². The van der Waals surface area contributed by atoms with Gasteiger partial charge in [-0.15, -0.1) is 0 Å². The fourth-order valence-electron chi connectivity index (χ4n) is 3.96. The predicted octanol–water partition coefficient (Wildman–Crippen LogP) is 3.27. The lowest BCUT2D eigenvalue weighted by molar-refractivity contribution is -0.121. The summed E-state index contributed by atoms with van der Waals surface area (Å²) in [4.78, 5) is 19.6. The van der Waals surface area contributed by atoms with Gasteiger partial charge in [0.25, 0.3) is 0 Å². The van der Waals surface area contributed by atoms with Crippen LogP contribution in [0.2, 0.25) is 0 Å². The number of carbonyl (C=O) groups is 1. The maximum Gasteiger partial charge on any atom is 0.242 e. The van der Waals surface area contributed by atoms with Crippen molar-refractivity contribution in [2.45, 2.75) is 50.6 Å². The van der Waals surface area contributed by atoms with Crippen LogP contribution in [-0.2, 0) is 34.3 Å². The quantitative estimate of drug-likeness (QED) is 0.390. The van der Waals surface area contributed by atoms with Gasteiger partial charge in [-0.2, -0.15) is 0 Å². The van der Waals surface area contributed by atoms with Crippen LogP contribution in [0.25, 0.3) is 11.0 Å². The topological polar surface area (TPSA) is 87.5 Å². The maximum absolute atomic E-state index is 12.5. The van der Waals surface area contributed by atoms with Crippen LogP contribution >= 0.6 is 0 Å². The zero-order valence-electron chi connectivity index (χ0n) is 21.2. The van der Waals surface area contributed by atoms with Gasteiger partial charge in [-0.05, 0) is 37.2 Å². The molecular formula is C26H37N5O3S. The van der Waals surface area contributed by atoms with E-state index >= 15 is 0 Å². The minimum absolute atomic E-state index is 0.0110. The van der Waals surface area contributed by atoms with Crippen LogP contribution in [0.4, 0.5) is 0 Å². The summed E-state index contributed by atoms with van der Waals surface area (Å²) >= 11 is 0. The minimum Gasteiger partial charge on any atom is -0.355 e. The number of fused-ring (bicyclic) bond motifs is 1. The summed E-state index contributed by atoms with van der Waals surface area (Å²) in [5, 5.41) is 3.01. The molecule has 0 atom stereocenters. The van der Waals surface area contributed by atoms with E-state index in [4.69, 9.17) is 4.98 Å². The van der Waals surface area contributed by atoms with Gasteiger partial charge in [0.1, 0.15) is 5.82 Å². The molecule has 1 heterocycles. The van der Waals surface area contributed by atoms with Gasteiger partial charge in [-0.1, -0.05) is 43.7 Å². The molecule has 3 rings (SSSR count). The molecule has 1 aromatic heterocycles. The Morgan fingerprint density at radius 1 is 1.09 bits per heavy atom. The number of hydrogen-bond donors (Lipinski definition) is 1. The fourth-order valence-corrected chi connectivity index (χ4v) is 4.88. The number of likely N-dealkylation sites (N-methyl/N-ethyl adjacent to an activating group) is 1. The third-order valence-electron chi connectivity index (χ3n) is 6.00. The van der Waals surface area contributed by atoms with Gasteiger partial charge in [0, 0.05) is 53.1 Å². The van der Waals surface area contributed by atoms with Crippen molar-refractivity contribution in [1.82, 2.24) is 24.1 Å². The summed E-state index contributed by atoms with van der Waals surface area (Å²) in [6.07, 6.45) is 2.85. The second kappa shape index (κ2) is 12.3. The molecule has 3 aromatic rings. The number of nitrogens with zero attached hydrogens (tertiary/aromatic N) is 4. The van der Waals surface area contributed by atoms with E-state index in [9.17, 15) is 13.2 Å². The molecule has 8 nitrogen and oxygen atoms in total. The summed E-state index contributed by atoms with van der Waals surface area (Å²) < 4.78 is 28.4. The summed E-state index contributed by atoms with van der Waals surface area (Å²) in [5.41, 5.74) is 2.78. The second-order valence-electron chi connectivity index (χ2n) is 9.04. The first kappa shape index (κ1) is 26.8. The monoisotopic (exact) mass is 499 g/mol. The molecule has 0 aliphatic rings. The Morgan fingerprint density at radius 2 is 1.83 bits per heavy atom. The molecule has 0 aliphatic carbocycles. The molecule has 9 heteroatoms. The highest BCUT2D eigenvalue weighted by molar-refractivity contribution is 7.89. The van der Waals surface area contributed by atoms with Crippen molar-refractivity contribution in [1.29, 1.82) is 0 Å². The van der Waals surface area contributed by atoms with E-state index in [2.05, 4.69) is 33.8 Å². The smallest absolute Gasteiger partial charge is 0.242 e. The van der Waals surface area contributed by atoms with Crippen molar-refractivity contribution < 1.29 is 13.2 Å². The first-order chi connectivity index (χ1) is 16.7. The van der Waals surface area contributed by atoms with Gasteiger partial charge in [-0.25, -0.2) is 17.7 Å². The number of unbranched alkanes of at least 4 members (excludes halogenated alkanes) is 1. The van der Waals surface area contributed by atoms with E-state index in [0.717, 1.165) is 43.8 Å². The van der Waals surface area contributed by atoms with E-state index in [1.165, 1.54) is 24.0 Å². The molecule has 0 fully saturated rings. The third-order valence-corrected chi connectivity index (χ3v) is 7.81. The van der Waals surface area contributed by atoms with Crippen LogP contribution in [-0.4, -0.2) is 67.3 Å². The van der Waals surface area contributed by atoms with E-state index in [1.807, 2.05) is 31.3 Å². The Kier molecular flexibility index (Phi) is 9.42. The average Bonchev–Trinajstić information content (AvgIpc) is 3.18. The number of sulfonamides is 1. The number of aryl methyl sites for hydroxylation is 2. The Bertz CT molecular complexity index is 1220. The van der Waals surface area contributed by atoms with Gasteiger partial charge >= 0.3 is 0 Å². The number of aromatic nitrogens is 2. The Hall–Kier alpha value is -2.75. The Labute approximate surface area is 209 Å². The standard InChI is InChI=1S/C26H37N5O3S/c1-5-6-17-31-24-13-12-22(35(33,34)29(2)3)19-23(24)28-25(31)14-15-26(32)27-16-18-30(4)20-21-10-8-7-9-11-21/h7-13,19H,5-6,14-18,20H2,1-4H3,(H,27,32). The maximum atomic E-state index is 12.5. The van der Waals surface area contributed by atoms with E-state index in [0.29, 0.717) is 24.9 Å². The predicted molar refractivity (Wildman–Crippen MR) is 140 cm³/mol. The molecule has 190 valence electrons. The molecule has 0 bridgehead atoms. The molecule has 0 saturated heterocycles. The second-order valence-corrected chi connectivity index (χ2v) is 11.2. The highest BCUT2D eigenvalue weighted by atomic mass is 32.2.